The molecule has 30 heavy (non-hydrogen) atoms. The highest BCUT2D eigenvalue weighted by Gasteiger charge is 2.17. The van der Waals surface area contributed by atoms with Gasteiger partial charge in [-0.3, -0.25) is 9.59 Å². The van der Waals surface area contributed by atoms with E-state index in [0.717, 1.165) is 38.6 Å². The first-order valence-electron chi connectivity index (χ1n) is 9.86. The molecule has 1 N–H and O–H groups in total. The van der Waals surface area contributed by atoms with Crippen LogP contribution < -0.4 is 5.32 Å². The van der Waals surface area contributed by atoms with E-state index in [2.05, 4.69) is 10.3 Å². The van der Waals surface area contributed by atoms with Crippen molar-refractivity contribution in [1.82, 2.24) is 9.88 Å². The molecule has 0 saturated carbocycles. The summed E-state index contributed by atoms with van der Waals surface area (Å²) in [6.07, 6.45) is 0.175. The molecule has 1 aromatic heterocycles. The molecule has 0 atom stereocenters. The number of anilines is 1. The fourth-order valence-corrected chi connectivity index (χ4v) is 4.19. The minimum absolute atomic E-state index is 0.000542. The Bertz CT molecular complexity index is 1050. The van der Waals surface area contributed by atoms with Gasteiger partial charge in [-0.25, -0.2) is 4.98 Å². The lowest BCUT2D eigenvalue weighted by molar-refractivity contribution is -0.132. The van der Waals surface area contributed by atoms with Crippen LogP contribution in [0, 0.1) is 27.7 Å². The first kappa shape index (κ1) is 21.7. The van der Waals surface area contributed by atoms with E-state index in [9.17, 15) is 9.59 Å². The third kappa shape index (κ3) is 5.33. The van der Waals surface area contributed by atoms with E-state index in [4.69, 9.17) is 0 Å². The standard InChI is InChI=1S/C24H27N3O2S/c1-15-6-8-19(9-7-15)24-25-20(14-30-24)12-22(29)27(5)13-21(28)26-23-17(3)10-16(2)11-18(23)4/h6-11,14H,12-13H2,1-5H3,(H,26,28). The lowest BCUT2D eigenvalue weighted by Gasteiger charge is -2.18. The molecule has 0 bridgehead atoms. The maximum absolute atomic E-state index is 12.6. The molecular formula is C24H27N3O2S. The highest BCUT2D eigenvalue weighted by molar-refractivity contribution is 7.13. The second-order valence-electron chi connectivity index (χ2n) is 7.76. The number of nitrogens with zero attached hydrogens (tertiary/aromatic N) is 2. The van der Waals surface area contributed by atoms with E-state index >= 15 is 0 Å². The molecule has 0 aliphatic rings. The Morgan fingerprint density at radius 3 is 2.27 bits per heavy atom. The molecule has 0 aliphatic carbocycles. The van der Waals surface area contributed by atoms with Gasteiger partial charge in [0.25, 0.3) is 0 Å². The molecule has 0 radical (unpaired) electrons. The van der Waals surface area contributed by atoms with Crippen molar-refractivity contribution < 1.29 is 9.59 Å². The summed E-state index contributed by atoms with van der Waals surface area (Å²) in [5.74, 6) is -0.345. The zero-order valence-electron chi connectivity index (χ0n) is 18.1. The summed E-state index contributed by atoms with van der Waals surface area (Å²) in [6, 6.07) is 12.2. The Hall–Kier alpha value is -2.99. The molecule has 5 nitrogen and oxygen atoms in total. The molecule has 0 fully saturated rings. The maximum atomic E-state index is 12.6. The molecule has 0 saturated heterocycles. The predicted octanol–water partition coefficient (Wildman–Crippen LogP) is 4.68. The summed E-state index contributed by atoms with van der Waals surface area (Å²) < 4.78 is 0. The van der Waals surface area contributed by atoms with Crippen molar-refractivity contribution in [3.05, 3.63) is 69.7 Å². The minimum atomic E-state index is -0.209. The van der Waals surface area contributed by atoms with Gasteiger partial charge >= 0.3 is 0 Å². The Morgan fingerprint density at radius 1 is 1.00 bits per heavy atom. The van der Waals surface area contributed by atoms with Crippen molar-refractivity contribution in [2.75, 3.05) is 18.9 Å². The Kier molecular flexibility index (Phi) is 6.67. The van der Waals surface area contributed by atoms with Crippen LogP contribution in [0.1, 0.15) is 27.9 Å². The quantitative estimate of drug-likeness (QED) is 0.628. The lowest BCUT2D eigenvalue weighted by atomic mass is 10.1. The smallest absolute Gasteiger partial charge is 0.243 e. The van der Waals surface area contributed by atoms with Crippen LogP contribution in [0.5, 0.6) is 0 Å². The van der Waals surface area contributed by atoms with Gasteiger partial charge in [-0.2, -0.15) is 0 Å². The van der Waals surface area contributed by atoms with Crippen LogP contribution >= 0.6 is 11.3 Å². The lowest BCUT2D eigenvalue weighted by Crippen LogP contribution is -2.36. The highest BCUT2D eigenvalue weighted by atomic mass is 32.1. The maximum Gasteiger partial charge on any atom is 0.243 e. The number of nitrogens with one attached hydrogen (secondary N) is 1. The number of rotatable bonds is 6. The molecule has 3 rings (SSSR count). The number of carbonyl (C=O) groups is 2. The van der Waals surface area contributed by atoms with E-state index in [1.54, 1.807) is 7.05 Å². The number of amides is 2. The Morgan fingerprint density at radius 2 is 1.63 bits per heavy atom. The summed E-state index contributed by atoms with van der Waals surface area (Å²) in [7, 11) is 1.64. The summed E-state index contributed by atoms with van der Waals surface area (Å²) in [6.45, 7) is 8.02. The zero-order valence-corrected chi connectivity index (χ0v) is 18.9. The number of thiazole rings is 1. The monoisotopic (exact) mass is 421 g/mol. The fraction of sp³-hybridized carbons (Fsp3) is 0.292. The second-order valence-corrected chi connectivity index (χ2v) is 8.62. The van der Waals surface area contributed by atoms with Gasteiger partial charge in [-0.15, -0.1) is 11.3 Å². The molecule has 1 heterocycles. The molecule has 0 unspecified atom stereocenters. The number of aromatic nitrogens is 1. The molecule has 2 aromatic carbocycles. The molecule has 6 heteroatoms. The normalized spacial score (nSPS) is 10.7. The molecule has 156 valence electrons. The van der Waals surface area contributed by atoms with E-state index in [1.165, 1.54) is 21.8 Å². The fourth-order valence-electron chi connectivity index (χ4n) is 3.37. The van der Waals surface area contributed by atoms with Crippen molar-refractivity contribution in [3.8, 4) is 10.6 Å². The topological polar surface area (TPSA) is 62.3 Å². The number of hydrogen-bond donors (Lipinski definition) is 1. The third-order valence-corrected chi connectivity index (χ3v) is 5.87. The van der Waals surface area contributed by atoms with Gasteiger partial charge in [0.1, 0.15) is 5.01 Å². The largest absolute Gasteiger partial charge is 0.336 e. The van der Waals surface area contributed by atoms with Crippen LogP contribution in [0.2, 0.25) is 0 Å². The van der Waals surface area contributed by atoms with E-state index in [0.29, 0.717) is 0 Å². The van der Waals surface area contributed by atoms with E-state index in [1.807, 2.05) is 69.5 Å². The van der Waals surface area contributed by atoms with E-state index in [-0.39, 0.29) is 24.8 Å². The average Bonchev–Trinajstić information content (AvgIpc) is 3.13. The number of benzene rings is 2. The van der Waals surface area contributed by atoms with Gasteiger partial charge in [-0.05, 0) is 38.8 Å². The van der Waals surface area contributed by atoms with Crippen molar-refractivity contribution in [2.45, 2.75) is 34.1 Å². The number of aryl methyl sites for hydroxylation is 4. The summed E-state index contributed by atoms with van der Waals surface area (Å²) in [5.41, 5.74) is 6.96. The highest BCUT2D eigenvalue weighted by Crippen LogP contribution is 2.24. The Balaban J connectivity index is 1.58. The average molecular weight is 422 g/mol. The first-order chi connectivity index (χ1) is 14.2. The summed E-state index contributed by atoms with van der Waals surface area (Å²) >= 11 is 1.52. The van der Waals surface area contributed by atoms with Crippen LogP contribution in [0.25, 0.3) is 10.6 Å². The predicted molar refractivity (Wildman–Crippen MR) is 123 cm³/mol. The van der Waals surface area contributed by atoms with E-state index < -0.39 is 0 Å². The van der Waals surface area contributed by atoms with Crippen LogP contribution in [-0.4, -0.2) is 35.3 Å². The zero-order chi connectivity index (χ0) is 21.8. The minimum Gasteiger partial charge on any atom is -0.336 e. The number of hydrogen-bond acceptors (Lipinski definition) is 4. The van der Waals surface area contributed by atoms with Crippen LogP contribution in [0.3, 0.4) is 0 Å². The first-order valence-corrected chi connectivity index (χ1v) is 10.7. The van der Waals surface area contributed by atoms with Gasteiger partial charge < -0.3 is 10.2 Å². The molecule has 0 spiro atoms. The van der Waals surface area contributed by atoms with Crippen molar-refractivity contribution >= 4 is 28.8 Å². The number of likely N-dealkylation sites (N-methyl/N-ethyl adjacent to an activating group) is 1. The summed E-state index contributed by atoms with van der Waals surface area (Å²) in [4.78, 5) is 31.1. The van der Waals surface area contributed by atoms with Gasteiger partial charge in [0.2, 0.25) is 11.8 Å². The number of carbonyl (C=O) groups excluding carboxylic acids is 2. The molecule has 2 amide bonds. The van der Waals surface area contributed by atoms with Crippen LogP contribution in [-0.2, 0) is 16.0 Å². The summed E-state index contributed by atoms with van der Waals surface area (Å²) in [5, 5.41) is 5.73. The second kappa shape index (κ2) is 9.22. The van der Waals surface area contributed by atoms with Crippen LogP contribution in [0.15, 0.2) is 41.8 Å². The molecule has 3 aromatic rings. The van der Waals surface area contributed by atoms with Crippen molar-refractivity contribution in [1.29, 1.82) is 0 Å². The van der Waals surface area contributed by atoms with Gasteiger partial charge in [-0.1, -0.05) is 47.5 Å². The third-order valence-electron chi connectivity index (χ3n) is 4.93. The molecule has 0 aliphatic heterocycles. The molecular weight excluding hydrogens is 394 g/mol. The van der Waals surface area contributed by atoms with Gasteiger partial charge in [0.05, 0.1) is 18.7 Å². The Labute approximate surface area is 181 Å². The van der Waals surface area contributed by atoms with Gasteiger partial charge in [0.15, 0.2) is 0 Å². The van der Waals surface area contributed by atoms with Crippen LogP contribution in [0.4, 0.5) is 5.69 Å². The SMILES string of the molecule is Cc1ccc(-c2nc(CC(=O)N(C)CC(=O)Nc3c(C)cc(C)cc3C)cs2)cc1. The van der Waals surface area contributed by atoms with Gasteiger partial charge in [0, 0.05) is 23.7 Å². The van der Waals surface area contributed by atoms with Crippen molar-refractivity contribution in [3.63, 3.8) is 0 Å². The van der Waals surface area contributed by atoms with Crippen molar-refractivity contribution in [2.24, 2.45) is 0 Å².